The SMILES string of the molecule is CCc1ccccc1NC(=O)Nc1ccc(-c2ccc(OCC(C)(C)C(=O)OC)nc2)cc1. The van der Waals surface area contributed by atoms with Crippen LogP contribution in [0, 0.1) is 5.41 Å². The second-order valence-corrected chi connectivity index (χ2v) is 8.22. The minimum Gasteiger partial charge on any atom is -0.476 e. The molecule has 0 unspecified atom stereocenters. The quantitative estimate of drug-likeness (QED) is 0.443. The number of carbonyl (C=O) groups is 2. The lowest BCUT2D eigenvalue weighted by atomic mass is 9.95. The molecule has 0 aliphatic carbocycles. The Kier molecular flexibility index (Phi) is 7.66. The Balaban J connectivity index is 1.58. The Hall–Kier alpha value is -3.87. The zero-order valence-electron chi connectivity index (χ0n) is 19.3. The van der Waals surface area contributed by atoms with Crippen LogP contribution in [0.2, 0.25) is 0 Å². The molecule has 7 heteroatoms. The number of urea groups is 1. The van der Waals surface area contributed by atoms with Crippen LogP contribution in [-0.2, 0) is 16.0 Å². The Labute approximate surface area is 194 Å². The van der Waals surface area contributed by atoms with Crippen LogP contribution in [0.25, 0.3) is 11.1 Å². The number of ether oxygens (including phenoxy) is 2. The van der Waals surface area contributed by atoms with Gasteiger partial charge in [-0.15, -0.1) is 0 Å². The summed E-state index contributed by atoms with van der Waals surface area (Å²) in [5.74, 6) is 0.0918. The van der Waals surface area contributed by atoms with Gasteiger partial charge in [0.05, 0.1) is 12.5 Å². The maximum atomic E-state index is 12.4. The number of hydrogen-bond donors (Lipinski definition) is 2. The monoisotopic (exact) mass is 447 g/mol. The predicted octanol–water partition coefficient (Wildman–Crippen LogP) is 5.53. The summed E-state index contributed by atoms with van der Waals surface area (Å²) in [5, 5.41) is 5.74. The second-order valence-electron chi connectivity index (χ2n) is 8.22. The molecule has 33 heavy (non-hydrogen) atoms. The summed E-state index contributed by atoms with van der Waals surface area (Å²) in [6.07, 6.45) is 2.54. The number of nitrogens with one attached hydrogen (secondary N) is 2. The molecule has 1 aromatic heterocycles. The van der Waals surface area contributed by atoms with Crippen molar-refractivity contribution in [3.8, 4) is 17.0 Å². The molecular formula is C26H29N3O4. The van der Waals surface area contributed by atoms with Crippen molar-refractivity contribution >= 4 is 23.4 Å². The first kappa shape index (κ1) is 23.8. The molecule has 0 saturated carbocycles. The first-order valence-electron chi connectivity index (χ1n) is 10.8. The van der Waals surface area contributed by atoms with E-state index in [0.717, 1.165) is 28.8 Å². The average molecular weight is 448 g/mol. The normalized spacial score (nSPS) is 10.9. The van der Waals surface area contributed by atoms with Crippen molar-refractivity contribution in [2.45, 2.75) is 27.2 Å². The molecule has 0 saturated heterocycles. The average Bonchev–Trinajstić information content (AvgIpc) is 2.83. The van der Waals surface area contributed by atoms with E-state index in [4.69, 9.17) is 9.47 Å². The van der Waals surface area contributed by atoms with Gasteiger partial charge in [0.2, 0.25) is 5.88 Å². The summed E-state index contributed by atoms with van der Waals surface area (Å²) in [6, 6.07) is 18.6. The van der Waals surface area contributed by atoms with Crippen LogP contribution < -0.4 is 15.4 Å². The third-order valence-electron chi connectivity index (χ3n) is 5.18. The number of nitrogens with zero attached hydrogens (tertiary/aromatic N) is 1. The number of pyridine rings is 1. The van der Waals surface area contributed by atoms with Gasteiger partial charge in [-0.1, -0.05) is 37.3 Å². The summed E-state index contributed by atoms with van der Waals surface area (Å²) in [5.41, 5.74) is 3.66. The van der Waals surface area contributed by atoms with E-state index in [9.17, 15) is 9.59 Å². The van der Waals surface area contributed by atoms with E-state index in [1.807, 2.05) is 61.5 Å². The molecule has 0 spiro atoms. The van der Waals surface area contributed by atoms with Crippen LogP contribution in [0.4, 0.5) is 16.2 Å². The fourth-order valence-corrected chi connectivity index (χ4v) is 3.21. The highest BCUT2D eigenvalue weighted by atomic mass is 16.5. The van der Waals surface area contributed by atoms with Crippen LogP contribution in [0.3, 0.4) is 0 Å². The molecule has 2 N–H and O–H groups in total. The predicted molar refractivity (Wildman–Crippen MR) is 129 cm³/mol. The topological polar surface area (TPSA) is 89.6 Å². The van der Waals surface area contributed by atoms with Crippen molar-refractivity contribution in [1.29, 1.82) is 0 Å². The highest BCUT2D eigenvalue weighted by Crippen LogP contribution is 2.24. The van der Waals surface area contributed by atoms with E-state index >= 15 is 0 Å². The summed E-state index contributed by atoms with van der Waals surface area (Å²) >= 11 is 0. The summed E-state index contributed by atoms with van der Waals surface area (Å²) in [4.78, 5) is 28.4. The first-order valence-corrected chi connectivity index (χ1v) is 10.8. The number of carbonyl (C=O) groups excluding carboxylic acids is 2. The van der Waals surface area contributed by atoms with E-state index in [-0.39, 0.29) is 18.6 Å². The standard InChI is InChI=1S/C26H29N3O4/c1-5-18-8-6-7-9-22(18)29-25(31)28-21-13-10-19(11-14-21)20-12-15-23(27-16-20)33-17-26(2,3)24(30)32-4/h6-16H,5,17H2,1-4H3,(H2,28,29,31). The van der Waals surface area contributed by atoms with E-state index < -0.39 is 5.41 Å². The lowest BCUT2D eigenvalue weighted by molar-refractivity contribution is -0.152. The van der Waals surface area contributed by atoms with E-state index in [2.05, 4.69) is 15.6 Å². The molecule has 3 aromatic rings. The van der Waals surface area contributed by atoms with Gasteiger partial charge in [0.1, 0.15) is 6.61 Å². The summed E-state index contributed by atoms with van der Waals surface area (Å²) in [7, 11) is 1.36. The van der Waals surface area contributed by atoms with Crippen LogP contribution in [0.15, 0.2) is 66.9 Å². The Bertz CT molecular complexity index is 1090. The van der Waals surface area contributed by atoms with E-state index in [0.29, 0.717) is 11.6 Å². The number of aryl methyl sites for hydroxylation is 1. The number of para-hydroxylation sites is 1. The summed E-state index contributed by atoms with van der Waals surface area (Å²) < 4.78 is 10.4. The molecular weight excluding hydrogens is 418 g/mol. The van der Waals surface area contributed by atoms with Gasteiger partial charge in [-0.05, 0) is 55.7 Å². The maximum absolute atomic E-state index is 12.4. The number of aromatic nitrogens is 1. The van der Waals surface area contributed by atoms with Crippen molar-refractivity contribution < 1.29 is 19.1 Å². The Morgan fingerprint density at radius 1 is 0.939 bits per heavy atom. The number of esters is 1. The van der Waals surface area contributed by atoms with Gasteiger partial charge in [0, 0.05) is 29.2 Å². The van der Waals surface area contributed by atoms with Gasteiger partial charge in [-0.25, -0.2) is 9.78 Å². The molecule has 7 nitrogen and oxygen atoms in total. The van der Waals surface area contributed by atoms with E-state index in [1.54, 1.807) is 26.1 Å². The third-order valence-corrected chi connectivity index (χ3v) is 5.18. The largest absolute Gasteiger partial charge is 0.476 e. The van der Waals surface area contributed by atoms with Gasteiger partial charge in [-0.2, -0.15) is 0 Å². The minimum atomic E-state index is -0.761. The van der Waals surface area contributed by atoms with Crippen molar-refractivity contribution in [2.75, 3.05) is 24.4 Å². The van der Waals surface area contributed by atoms with Gasteiger partial charge >= 0.3 is 12.0 Å². The zero-order valence-corrected chi connectivity index (χ0v) is 19.3. The van der Waals surface area contributed by atoms with Gasteiger partial charge < -0.3 is 20.1 Å². The van der Waals surface area contributed by atoms with Gasteiger partial charge in [0.25, 0.3) is 0 Å². The van der Waals surface area contributed by atoms with Crippen LogP contribution in [0.1, 0.15) is 26.3 Å². The smallest absolute Gasteiger partial charge is 0.323 e. The molecule has 0 atom stereocenters. The highest BCUT2D eigenvalue weighted by molar-refractivity contribution is 6.00. The van der Waals surface area contributed by atoms with Crippen LogP contribution in [-0.4, -0.2) is 30.7 Å². The molecule has 1 heterocycles. The highest BCUT2D eigenvalue weighted by Gasteiger charge is 2.29. The second kappa shape index (κ2) is 10.6. The molecule has 0 aliphatic heterocycles. The zero-order chi connectivity index (χ0) is 23.8. The van der Waals surface area contributed by atoms with Gasteiger partial charge in [-0.3, -0.25) is 4.79 Å². The molecule has 3 rings (SSSR count). The first-order chi connectivity index (χ1) is 15.8. The lowest BCUT2D eigenvalue weighted by Gasteiger charge is -2.21. The number of anilines is 2. The number of benzene rings is 2. The molecule has 0 radical (unpaired) electrons. The van der Waals surface area contributed by atoms with E-state index in [1.165, 1.54) is 7.11 Å². The lowest BCUT2D eigenvalue weighted by Crippen LogP contribution is -2.32. The fraction of sp³-hybridized carbons (Fsp3) is 0.269. The fourth-order valence-electron chi connectivity index (χ4n) is 3.21. The maximum Gasteiger partial charge on any atom is 0.323 e. The number of rotatable bonds is 8. The Morgan fingerprint density at radius 2 is 1.64 bits per heavy atom. The molecule has 0 aliphatic rings. The summed E-state index contributed by atoms with van der Waals surface area (Å²) in [6.45, 7) is 5.72. The molecule has 0 fully saturated rings. The minimum absolute atomic E-state index is 0.164. The van der Waals surface area contributed by atoms with Crippen molar-refractivity contribution in [2.24, 2.45) is 5.41 Å². The van der Waals surface area contributed by atoms with Crippen molar-refractivity contribution in [1.82, 2.24) is 4.98 Å². The van der Waals surface area contributed by atoms with Crippen LogP contribution in [0.5, 0.6) is 5.88 Å². The van der Waals surface area contributed by atoms with Gasteiger partial charge in [0.15, 0.2) is 0 Å². The van der Waals surface area contributed by atoms with Crippen molar-refractivity contribution in [3.63, 3.8) is 0 Å². The number of hydrogen-bond acceptors (Lipinski definition) is 5. The molecule has 0 bridgehead atoms. The molecule has 2 aromatic carbocycles. The Morgan fingerprint density at radius 3 is 2.27 bits per heavy atom. The third kappa shape index (κ3) is 6.32. The number of amides is 2. The molecule has 2 amide bonds. The van der Waals surface area contributed by atoms with Crippen LogP contribution >= 0.6 is 0 Å². The number of methoxy groups -OCH3 is 1. The molecule has 172 valence electrons. The van der Waals surface area contributed by atoms with Crippen molar-refractivity contribution in [3.05, 3.63) is 72.4 Å².